The summed E-state index contributed by atoms with van der Waals surface area (Å²) in [5.41, 5.74) is 0.181. The van der Waals surface area contributed by atoms with Crippen LogP contribution in [0.25, 0.3) is 10.2 Å². The lowest BCUT2D eigenvalue weighted by molar-refractivity contribution is 0.0632. The van der Waals surface area contributed by atoms with Gasteiger partial charge in [0.05, 0.1) is 31.6 Å². The van der Waals surface area contributed by atoms with E-state index < -0.39 is 5.69 Å². The van der Waals surface area contributed by atoms with E-state index in [4.69, 9.17) is 14.2 Å². The van der Waals surface area contributed by atoms with Crippen molar-refractivity contribution < 1.29 is 19.0 Å². The van der Waals surface area contributed by atoms with E-state index >= 15 is 0 Å². The highest BCUT2D eigenvalue weighted by atomic mass is 32.1. The molecule has 0 unspecified atom stereocenters. The maximum atomic E-state index is 13.2. The zero-order valence-electron chi connectivity index (χ0n) is 19.9. The lowest BCUT2D eigenvalue weighted by Gasteiger charge is -2.34. The fourth-order valence-corrected chi connectivity index (χ4v) is 5.33. The molecule has 3 aromatic rings. The molecule has 0 bridgehead atoms. The Morgan fingerprint density at radius 1 is 0.941 bits per heavy atom. The molecule has 3 heterocycles. The van der Waals surface area contributed by atoms with Crippen LogP contribution in [0.1, 0.15) is 15.2 Å². The van der Waals surface area contributed by atoms with E-state index in [9.17, 15) is 14.4 Å². The Morgan fingerprint density at radius 3 is 2.24 bits per heavy atom. The number of aryl methyl sites for hydroxylation is 1. The molecule has 1 aliphatic heterocycles. The number of carbonyl (C=O) groups excluding carboxylic acids is 1. The molecule has 1 saturated heterocycles. The lowest BCUT2D eigenvalue weighted by Crippen LogP contribution is -2.48. The fourth-order valence-electron chi connectivity index (χ4n) is 4.26. The van der Waals surface area contributed by atoms with Crippen LogP contribution in [0.4, 0.5) is 0 Å². The first-order valence-electron chi connectivity index (χ1n) is 10.8. The third kappa shape index (κ3) is 4.05. The Hall–Kier alpha value is -3.31. The standard InChI is InChI=1S/C23H28N4O6S/c1-24-20(28)15-12-17(34-22(15)25(2)23(24)30)21(29)27-10-8-26(9-11-27)13-14-6-7-16(31-3)19(33-5)18(14)32-4/h6-7,12H,8-11,13H2,1-5H3. The lowest BCUT2D eigenvalue weighted by atomic mass is 10.1. The average Bonchev–Trinajstić information content (AvgIpc) is 3.31. The molecule has 0 radical (unpaired) electrons. The largest absolute Gasteiger partial charge is 0.493 e. The molecule has 11 heteroatoms. The van der Waals surface area contributed by atoms with Gasteiger partial charge >= 0.3 is 5.69 Å². The predicted molar refractivity (Wildman–Crippen MR) is 130 cm³/mol. The summed E-state index contributed by atoms with van der Waals surface area (Å²) < 4.78 is 18.9. The van der Waals surface area contributed by atoms with Crippen LogP contribution in [0.3, 0.4) is 0 Å². The van der Waals surface area contributed by atoms with E-state index in [1.54, 1.807) is 39.3 Å². The van der Waals surface area contributed by atoms with E-state index in [0.717, 1.165) is 10.1 Å². The Balaban J connectivity index is 1.48. The third-order valence-corrected chi connectivity index (χ3v) is 7.38. The quantitative estimate of drug-likeness (QED) is 0.516. The molecule has 182 valence electrons. The second-order valence-corrected chi connectivity index (χ2v) is 9.13. The third-order valence-electron chi connectivity index (χ3n) is 6.18. The summed E-state index contributed by atoms with van der Waals surface area (Å²) in [4.78, 5) is 42.8. The molecular weight excluding hydrogens is 460 g/mol. The van der Waals surface area contributed by atoms with Gasteiger partial charge in [-0.1, -0.05) is 6.07 Å². The summed E-state index contributed by atoms with van der Waals surface area (Å²) in [6.07, 6.45) is 0. The smallest absolute Gasteiger partial charge is 0.331 e. The van der Waals surface area contributed by atoms with Crippen molar-refractivity contribution in [1.29, 1.82) is 0 Å². The van der Waals surface area contributed by atoms with Gasteiger partial charge in [-0.05, 0) is 12.1 Å². The number of benzene rings is 1. The van der Waals surface area contributed by atoms with Crippen molar-refractivity contribution in [2.75, 3.05) is 47.5 Å². The first-order chi connectivity index (χ1) is 16.3. The number of fused-ring (bicyclic) bond motifs is 1. The maximum Gasteiger partial charge on any atom is 0.331 e. The molecule has 0 aliphatic carbocycles. The van der Waals surface area contributed by atoms with E-state index in [1.807, 2.05) is 12.1 Å². The number of carbonyl (C=O) groups is 1. The SMILES string of the molecule is COc1ccc(CN2CCN(C(=O)c3cc4c(=O)n(C)c(=O)n(C)c4s3)CC2)c(OC)c1OC. The number of nitrogens with zero attached hydrogens (tertiary/aromatic N) is 4. The Morgan fingerprint density at radius 2 is 1.62 bits per heavy atom. The van der Waals surface area contributed by atoms with E-state index in [0.29, 0.717) is 65.1 Å². The van der Waals surface area contributed by atoms with Crippen molar-refractivity contribution >= 4 is 27.5 Å². The van der Waals surface area contributed by atoms with Crippen LogP contribution in [0, 0.1) is 0 Å². The molecular formula is C23H28N4O6S. The van der Waals surface area contributed by atoms with E-state index in [-0.39, 0.29) is 11.5 Å². The Kier molecular flexibility index (Phi) is 6.67. The van der Waals surface area contributed by atoms with Crippen molar-refractivity contribution in [3.8, 4) is 17.2 Å². The molecule has 4 rings (SSSR count). The first-order valence-corrected chi connectivity index (χ1v) is 11.6. The van der Waals surface area contributed by atoms with Crippen molar-refractivity contribution in [2.24, 2.45) is 14.1 Å². The zero-order valence-corrected chi connectivity index (χ0v) is 20.7. The van der Waals surface area contributed by atoms with Crippen LogP contribution in [-0.2, 0) is 20.6 Å². The summed E-state index contributed by atoms with van der Waals surface area (Å²) in [5, 5.41) is 0.386. The fraction of sp³-hybridized carbons (Fsp3) is 0.435. The first kappa shape index (κ1) is 23.8. The minimum Gasteiger partial charge on any atom is -0.493 e. The van der Waals surface area contributed by atoms with Crippen molar-refractivity contribution in [2.45, 2.75) is 6.54 Å². The van der Waals surface area contributed by atoms with Gasteiger partial charge in [0.1, 0.15) is 4.83 Å². The highest BCUT2D eigenvalue weighted by Crippen LogP contribution is 2.40. The van der Waals surface area contributed by atoms with Gasteiger partial charge < -0.3 is 19.1 Å². The van der Waals surface area contributed by atoms with Crippen LogP contribution in [0.2, 0.25) is 0 Å². The topological polar surface area (TPSA) is 95.2 Å². The van der Waals surface area contributed by atoms with Crippen molar-refractivity contribution in [3.63, 3.8) is 0 Å². The summed E-state index contributed by atoms with van der Waals surface area (Å²) >= 11 is 1.18. The van der Waals surface area contributed by atoms with Gasteiger partial charge in [0, 0.05) is 52.4 Å². The van der Waals surface area contributed by atoms with Crippen LogP contribution in [0.15, 0.2) is 27.8 Å². The second kappa shape index (κ2) is 9.51. The van der Waals surface area contributed by atoms with Gasteiger partial charge in [-0.3, -0.25) is 23.6 Å². The molecule has 1 fully saturated rings. The number of thiophene rings is 1. The number of aromatic nitrogens is 2. The van der Waals surface area contributed by atoms with Gasteiger partial charge in [-0.2, -0.15) is 0 Å². The molecule has 0 N–H and O–H groups in total. The van der Waals surface area contributed by atoms with Crippen molar-refractivity contribution in [3.05, 3.63) is 49.5 Å². The minimum atomic E-state index is -0.405. The summed E-state index contributed by atoms with van der Waals surface area (Å²) in [5.74, 6) is 1.67. The molecule has 1 aliphatic rings. The molecule has 0 atom stereocenters. The zero-order chi connectivity index (χ0) is 24.6. The minimum absolute atomic E-state index is 0.126. The van der Waals surface area contributed by atoms with Crippen LogP contribution in [0.5, 0.6) is 17.2 Å². The molecule has 1 aromatic carbocycles. The van der Waals surface area contributed by atoms with Gasteiger partial charge in [0.2, 0.25) is 5.75 Å². The number of methoxy groups -OCH3 is 3. The summed E-state index contributed by atoms with van der Waals surface area (Å²) in [6.45, 7) is 3.13. The Bertz CT molecular complexity index is 1350. The van der Waals surface area contributed by atoms with Gasteiger partial charge in [-0.15, -0.1) is 11.3 Å². The average molecular weight is 489 g/mol. The number of hydrogen-bond acceptors (Lipinski definition) is 8. The number of ether oxygens (including phenoxy) is 3. The Labute approximate surface area is 200 Å². The maximum absolute atomic E-state index is 13.2. The molecule has 0 spiro atoms. The molecule has 0 saturated carbocycles. The van der Waals surface area contributed by atoms with E-state index in [2.05, 4.69) is 4.90 Å². The number of amides is 1. The second-order valence-electron chi connectivity index (χ2n) is 8.10. The molecule has 34 heavy (non-hydrogen) atoms. The summed E-state index contributed by atoms with van der Waals surface area (Å²) in [7, 11) is 7.81. The number of piperazine rings is 1. The molecule has 10 nitrogen and oxygen atoms in total. The van der Waals surface area contributed by atoms with E-state index in [1.165, 1.54) is 23.0 Å². The highest BCUT2D eigenvalue weighted by molar-refractivity contribution is 7.20. The predicted octanol–water partition coefficient (Wildman–Crippen LogP) is 1.28. The molecule has 2 aromatic heterocycles. The molecule has 1 amide bonds. The van der Waals surface area contributed by atoms with Gasteiger partial charge in [0.25, 0.3) is 11.5 Å². The highest BCUT2D eigenvalue weighted by Gasteiger charge is 2.26. The van der Waals surface area contributed by atoms with Crippen LogP contribution >= 0.6 is 11.3 Å². The van der Waals surface area contributed by atoms with Crippen LogP contribution < -0.4 is 25.5 Å². The van der Waals surface area contributed by atoms with Crippen LogP contribution in [-0.4, -0.2) is 72.3 Å². The van der Waals surface area contributed by atoms with Gasteiger partial charge in [0.15, 0.2) is 11.5 Å². The monoisotopic (exact) mass is 488 g/mol. The number of hydrogen-bond donors (Lipinski definition) is 0. The van der Waals surface area contributed by atoms with Gasteiger partial charge in [-0.25, -0.2) is 4.79 Å². The number of rotatable bonds is 6. The normalized spacial score (nSPS) is 14.4. The van der Waals surface area contributed by atoms with Crippen molar-refractivity contribution in [1.82, 2.24) is 18.9 Å². The summed E-state index contributed by atoms with van der Waals surface area (Å²) in [6, 6.07) is 5.42.